The molecule has 96 valence electrons. The van der Waals surface area contributed by atoms with Crippen LogP contribution in [0.4, 0.5) is 0 Å². The van der Waals surface area contributed by atoms with E-state index in [-0.39, 0.29) is 0 Å². The number of benzene rings is 1. The highest BCUT2D eigenvalue weighted by atomic mass is 16.2. The van der Waals surface area contributed by atoms with Gasteiger partial charge in [0.25, 0.3) is 0 Å². The fraction of sp³-hybridized carbons (Fsp3) is 0.429. The smallest absolute Gasteiger partial charge is 0.311 e. The fourth-order valence-corrected chi connectivity index (χ4v) is 2.12. The third-order valence-corrected chi connectivity index (χ3v) is 3.29. The van der Waals surface area contributed by atoms with Crippen LogP contribution in [-0.4, -0.2) is 29.8 Å². The van der Waals surface area contributed by atoms with E-state index in [2.05, 4.69) is 5.32 Å². The van der Waals surface area contributed by atoms with Crippen molar-refractivity contribution in [3.05, 3.63) is 35.4 Å². The second kappa shape index (κ2) is 5.67. The van der Waals surface area contributed by atoms with Crippen molar-refractivity contribution in [2.24, 2.45) is 0 Å². The quantitative estimate of drug-likeness (QED) is 0.798. The number of aryl methyl sites for hydroxylation is 1. The molecule has 0 spiro atoms. The Bertz CT molecular complexity index is 451. The Kier molecular flexibility index (Phi) is 3.97. The van der Waals surface area contributed by atoms with Crippen LogP contribution < -0.4 is 5.32 Å². The van der Waals surface area contributed by atoms with Gasteiger partial charge in [-0.25, -0.2) is 0 Å². The monoisotopic (exact) mass is 246 g/mol. The van der Waals surface area contributed by atoms with Gasteiger partial charge in [-0.2, -0.15) is 0 Å². The van der Waals surface area contributed by atoms with E-state index in [9.17, 15) is 9.59 Å². The number of carbonyl (C=O) groups is 2. The lowest BCUT2D eigenvalue weighted by Crippen LogP contribution is -2.41. The van der Waals surface area contributed by atoms with Crippen LogP contribution in [0.3, 0.4) is 0 Å². The van der Waals surface area contributed by atoms with Crippen LogP contribution in [0.2, 0.25) is 0 Å². The first kappa shape index (κ1) is 12.6. The molecule has 2 rings (SSSR count). The topological polar surface area (TPSA) is 49.4 Å². The van der Waals surface area contributed by atoms with Crippen LogP contribution in [0.1, 0.15) is 24.0 Å². The molecule has 1 N–H and O–H groups in total. The molecule has 0 atom stereocenters. The summed E-state index contributed by atoms with van der Waals surface area (Å²) in [6, 6.07) is 7.83. The number of nitrogens with one attached hydrogen (secondary N) is 1. The molecule has 0 aromatic heterocycles. The van der Waals surface area contributed by atoms with E-state index in [0.29, 0.717) is 19.6 Å². The number of carbonyl (C=O) groups excluding carboxylic acids is 2. The Morgan fingerprint density at radius 2 is 1.89 bits per heavy atom. The Morgan fingerprint density at radius 1 is 1.22 bits per heavy atom. The summed E-state index contributed by atoms with van der Waals surface area (Å²) >= 11 is 0. The lowest BCUT2D eigenvalue weighted by Gasteiger charge is -2.14. The van der Waals surface area contributed by atoms with Crippen LogP contribution >= 0.6 is 0 Å². The number of hydrogen-bond donors (Lipinski definition) is 1. The first-order valence-electron chi connectivity index (χ1n) is 6.30. The van der Waals surface area contributed by atoms with Gasteiger partial charge in [-0.1, -0.05) is 24.3 Å². The average molecular weight is 246 g/mol. The molecule has 1 saturated heterocycles. The molecule has 2 amide bonds. The Hall–Kier alpha value is -1.84. The van der Waals surface area contributed by atoms with Crippen molar-refractivity contribution in [1.82, 2.24) is 10.2 Å². The van der Waals surface area contributed by atoms with Crippen LogP contribution in [0.25, 0.3) is 0 Å². The molecule has 0 unspecified atom stereocenters. The van der Waals surface area contributed by atoms with Crippen molar-refractivity contribution < 1.29 is 9.59 Å². The van der Waals surface area contributed by atoms with Gasteiger partial charge in [-0.3, -0.25) is 9.59 Å². The second-order valence-corrected chi connectivity index (χ2v) is 4.61. The summed E-state index contributed by atoms with van der Waals surface area (Å²) in [7, 11) is 0. The summed E-state index contributed by atoms with van der Waals surface area (Å²) in [5, 5.41) is 2.69. The molecule has 4 nitrogen and oxygen atoms in total. The van der Waals surface area contributed by atoms with Crippen molar-refractivity contribution in [1.29, 1.82) is 0 Å². The summed E-state index contributed by atoms with van der Waals surface area (Å²) in [6.07, 6.45) is 1.99. The fourth-order valence-electron chi connectivity index (χ4n) is 2.12. The number of nitrogens with zero attached hydrogens (tertiary/aromatic N) is 1. The maximum absolute atomic E-state index is 11.8. The zero-order valence-corrected chi connectivity index (χ0v) is 10.6. The second-order valence-electron chi connectivity index (χ2n) is 4.61. The van der Waals surface area contributed by atoms with Crippen LogP contribution in [0.5, 0.6) is 0 Å². The molecular weight excluding hydrogens is 228 g/mol. The standard InChI is InChI=1S/C14H18N2O2/c1-11-6-2-3-7-12(11)10-15-13(17)14(18)16-8-4-5-9-16/h2-3,6-7H,4-5,8-10H2,1H3,(H,15,17). The van der Waals surface area contributed by atoms with E-state index < -0.39 is 11.8 Å². The molecule has 1 aliphatic heterocycles. The molecule has 0 saturated carbocycles. The van der Waals surface area contributed by atoms with Crippen LogP contribution in [0, 0.1) is 6.92 Å². The van der Waals surface area contributed by atoms with Gasteiger partial charge in [0, 0.05) is 19.6 Å². The first-order chi connectivity index (χ1) is 8.68. The van der Waals surface area contributed by atoms with Crippen molar-refractivity contribution in [3.63, 3.8) is 0 Å². The summed E-state index contributed by atoms with van der Waals surface area (Å²) < 4.78 is 0. The predicted octanol–water partition coefficient (Wildman–Crippen LogP) is 1.23. The number of rotatable bonds is 2. The highest BCUT2D eigenvalue weighted by Crippen LogP contribution is 2.08. The van der Waals surface area contributed by atoms with Crippen molar-refractivity contribution >= 4 is 11.8 Å². The minimum absolute atomic E-state index is 0.402. The van der Waals surface area contributed by atoms with Gasteiger partial charge in [0.05, 0.1) is 0 Å². The number of likely N-dealkylation sites (tertiary alicyclic amines) is 1. The Morgan fingerprint density at radius 3 is 2.56 bits per heavy atom. The van der Waals surface area contributed by atoms with Crippen molar-refractivity contribution in [3.8, 4) is 0 Å². The molecule has 1 aliphatic rings. The maximum Gasteiger partial charge on any atom is 0.311 e. The van der Waals surface area contributed by atoms with E-state index in [0.717, 1.165) is 24.0 Å². The predicted molar refractivity (Wildman–Crippen MR) is 68.8 cm³/mol. The van der Waals surface area contributed by atoms with Gasteiger partial charge in [0.1, 0.15) is 0 Å². The van der Waals surface area contributed by atoms with E-state index in [1.165, 1.54) is 0 Å². The zero-order chi connectivity index (χ0) is 13.0. The lowest BCUT2D eigenvalue weighted by molar-refractivity contribution is -0.145. The van der Waals surface area contributed by atoms with Crippen molar-refractivity contribution in [2.75, 3.05) is 13.1 Å². The minimum atomic E-state index is -0.500. The molecule has 1 heterocycles. The molecule has 1 fully saturated rings. The summed E-state index contributed by atoms with van der Waals surface area (Å²) in [5.41, 5.74) is 2.16. The first-order valence-corrected chi connectivity index (χ1v) is 6.30. The average Bonchev–Trinajstić information content (AvgIpc) is 2.90. The summed E-state index contributed by atoms with van der Waals surface area (Å²) in [4.78, 5) is 25.1. The van der Waals surface area contributed by atoms with E-state index in [4.69, 9.17) is 0 Å². The Labute approximate surface area is 107 Å². The third-order valence-electron chi connectivity index (χ3n) is 3.29. The molecular formula is C14H18N2O2. The van der Waals surface area contributed by atoms with E-state index >= 15 is 0 Å². The van der Waals surface area contributed by atoms with Gasteiger partial charge in [-0.05, 0) is 30.9 Å². The lowest BCUT2D eigenvalue weighted by atomic mass is 10.1. The van der Waals surface area contributed by atoms with Crippen LogP contribution in [-0.2, 0) is 16.1 Å². The molecule has 1 aromatic carbocycles. The molecule has 0 radical (unpaired) electrons. The minimum Gasteiger partial charge on any atom is -0.344 e. The molecule has 0 aliphatic carbocycles. The maximum atomic E-state index is 11.8. The Balaban J connectivity index is 1.88. The SMILES string of the molecule is Cc1ccccc1CNC(=O)C(=O)N1CCCC1. The normalized spacial score (nSPS) is 14.6. The van der Waals surface area contributed by atoms with E-state index in [1.807, 2.05) is 31.2 Å². The molecule has 1 aromatic rings. The van der Waals surface area contributed by atoms with Gasteiger partial charge in [0.15, 0.2) is 0 Å². The zero-order valence-electron chi connectivity index (χ0n) is 10.6. The number of amides is 2. The number of hydrogen-bond acceptors (Lipinski definition) is 2. The van der Waals surface area contributed by atoms with Gasteiger partial charge in [0.2, 0.25) is 0 Å². The van der Waals surface area contributed by atoms with E-state index in [1.54, 1.807) is 4.90 Å². The summed E-state index contributed by atoms with van der Waals surface area (Å²) in [5.74, 6) is -0.902. The van der Waals surface area contributed by atoms with Gasteiger partial charge in [-0.15, -0.1) is 0 Å². The molecule has 18 heavy (non-hydrogen) atoms. The third kappa shape index (κ3) is 2.88. The van der Waals surface area contributed by atoms with Gasteiger partial charge >= 0.3 is 11.8 Å². The summed E-state index contributed by atoms with van der Waals surface area (Å²) in [6.45, 7) is 3.81. The van der Waals surface area contributed by atoms with Crippen molar-refractivity contribution in [2.45, 2.75) is 26.3 Å². The van der Waals surface area contributed by atoms with Gasteiger partial charge < -0.3 is 10.2 Å². The van der Waals surface area contributed by atoms with Crippen LogP contribution in [0.15, 0.2) is 24.3 Å². The highest BCUT2D eigenvalue weighted by molar-refractivity contribution is 6.35. The molecule has 0 bridgehead atoms. The molecule has 4 heteroatoms. The highest BCUT2D eigenvalue weighted by Gasteiger charge is 2.23. The largest absolute Gasteiger partial charge is 0.344 e.